The molecular weight excluding hydrogens is 481 g/mol. The van der Waals surface area contributed by atoms with Crippen molar-refractivity contribution in [2.75, 3.05) is 28.6 Å². The van der Waals surface area contributed by atoms with Crippen LogP contribution in [0.15, 0.2) is 48.5 Å². The van der Waals surface area contributed by atoms with E-state index in [0.717, 1.165) is 23.5 Å². The second kappa shape index (κ2) is 8.92. The van der Waals surface area contributed by atoms with Gasteiger partial charge in [-0.25, -0.2) is 14.8 Å². The van der Waals surface area contributed by atoms with Crippen LogP contribution in [0.3, 0.4) is 0 Å². The first-order valence-corrected chi connectivity index (χ1v) is 11.5. The fourth-order valence-corrected chi connectivity index (χ4v) is 4.59. The van der Waals surface area contributed by atoms with Gasteiger partial charge in [-0.2, -0.15) is 13.2 Å². The molecule has 7 nitrogen and oxygen atoms in total. The van der Waals surface area contributed by atoms with Gasteiger partial charge < -0.3 is 15.5 Å². The fraction of sp³-hybridized carbons (Fsp3) is 0.292. The summed E-state index contributed by atoms with van der Waals surface area (Å²) >= 11 is 6.15. The van der Waals surface area contributed by atoms with Crippen molar-refractivity contribution in [3.63, 3.8) is 0 Å². The van der Waals surface area contributed by atoms with Crippen molar-refractivity contribution in [2.45, 2.75) is 32.2 Å². The monoisotopic (exact) mass is 502 g/mol. The number of hydrogen-bond donors (Lipinski definition) is 2. The van der Waals surface area contributed by atoms with Gasteiger partial charge >= 0.3 is 12.2 Å². The highest BCUT2D eigenvalue weighted by Crippen LogP contribution is 2.35. The molecule has 5 rings (SSSR count). The van der Waals surface area contributed by atoms with Crippen LogP contribution in [0.25, 0.3) is 0 Å². The van der Waals surface area contributed by atoms with E-state index in [-0.39, 0.29) is 24.4 Å². The molecule has 1 atom stereocenters. The Bertz CT molecular complexity index is 1280. The van der Waals surface area contributed by atoms with Gasteiger partial charge in [-0.1, -0.05) is 24.3 Å². The molecule has 35 heavy (non-hydrogen) atoms. The van der Waals surface area contributed by atoms with Gasteiger partial charge in [0.05, 0.1) is 35.7 Å². The molecule has 2 aliphatic heterocycles. The van der Waals surface area contributed by atoms with Gasteiger partial charge in [0.2, 0.25) is 5.28 Å². The first kappa shape index (κ1) is 23.2. The zero-order valence-electron chi connectivity index (χ0n) is 18.7. The van der Waals surface area contributed by atoms with Crippen molar-refractivity contribution in [1.29, 1.82) is 0 Å². The third-order valence-electron chi connectivity index (χ3n) is 6.17. The zero-order chi connectivity index (χ0) is 24.7. The molecule has 182 valence electrons. The topological polar surface area (TPSA) is 73.4 Å². The lowest BCUT2D eigenvalue weighted by Crippen LogP contribution is -2.45. The number of nitrogens with one attached hydrogen (secondary N) is 2. The number of benzene rings is 2. The normalized spacial score (nSPS) is 15.8. The summed E-state index contributed by atoms with van der Waals surface area (Å²) in [6.07, 6.45) is -4.43. The van der Waals surface area contributed by atoms with E-state index in [1.807, 2.05) is 24.3 Å². The van der Waals surface area contributed by atoms with E-state index in [4.69, 9.17) is 11.6 Å². The largest absolute Gasteiger partial charge is 0.416 e. The van der Waals surface area contributed by atoms with E-state index in [0.29, 0.717) is 35.7 Å². The van der Waals surface area contributed by atoms with E-state index >= 15 is 0 Å². The molecule has 3 heterocycles. The molecular formula is C24H22ClF3N6O. The summed E-state index contributed by atoms with van der Waals surface area (Å²) in [5.74, 6) is 0.404. The van der Waals surface area contributed by atoms with Crippen LogP contribution in [-0.4, -0.2) is 34.0 Å². The van der Waals surface area contributed by atoms with Gasteiger partial charge in [0, 0.05) is 24.7 Å². The summed E-state index contributed by atoms with van der Waals surface area (Å²) in [5, 5.41) is 6.46. The van der Waals surface area contributed by atoms with Crippen LogP contribution in [0.5, 0.6) is 0 Å². The second-order valence-electron chi connectivity index (χ2n) is 8.49. The van der Waals surface area contributed by atoms with E-state index in [1.165, 1.54) is 6.07 Å². The number of amides is 2. The number of carbonyl (C=O) groups excluding carboxylic acids is 1. The van der Waals surface area contributed by atoms with Gasteiger partial charge in [0.25, 0.3) is 0 Å². The van der Waals surface area contributed by atoms with Crippen LogP contribution < -0.4 is 15.5 Å². The Morgan fingerprint density at radius 1 is 1.14 bits per heavy atom. The third kappa shape index (κ3) is 4.58. The average Bonchev–Trinajstić information content (AvgIpc) is 3.27. The maximum Gasteiger partial charge on any atom is 0.416 e. The highest BCUT2D eigenvalue weighted by atomic mass is 35.5. The van der Waals surface area contributed by atoms with Crippen molar-refractivity contribution >= 4 is 34.8 Å². The van der Waals surface area contributed by atoms with E-state index in [2.05, 4.69) is 20.6 Å². The number of urea groups is 1. The number of anilines is 3. The summed E-state index contributed by atoms with van der Waals surface area (Å²) in [6.45, 7) is 3.42. The average molecular weight is 503 g/mol. The van der Waals surface area contributed by atoms with Crippen molar-refractivity contribution in [3.8, 4) is 0 Å². The van der Waals surface area contributed by atoms with Gasteiger partial charge in [-0.3, -0.25) is 4.90 Å². The van der Waals surface area contributed by atoms with Crippen LogP contribution in [0, 0.1) is 0 Å². The molecule has 0 radical (unpaired) electrons. The van der Waals surface area contributed by atoms with Crippen LogP contribution in [-0.2, 0) is 19.3 Å². The number of para-hydroxylation sites is 2. The minimum absolute atomic E-state index is 0.00399. The summed E-state index contributed by atoms with van der Waals surface area (Å²) in [5.41, 5.74) is 2.74. The summed E-state index contributed by atoms with van der Waals surface area (Å²) in [6, 6.07) is 12.1. The summed E-state index contributed by atoms with van der Waals surface area (Å²) in [4.78, 5) is 25.4. The van der Waals surface area contributed by atoms with Crippen molar-refractivity contribution in [3.05, 3.63) is 76.2 Å². The molecule has 0 unspecified atom stereocenters. The number of alkyl halides is 3. The highest BCUT2D eigenvalue weighted by Gasteiger charge is 2.34. The van der Waals surface area contributed by atoms with Gasteiger partial charge in [-0.15, -0.1) is 0 Å². The number of fused-ring (bicyclic) bond motifs is 2. The number of hydrogen-bond acceptors (Lipinski definition) is 5. The lowest BCUT2D eigenvalue weighted by molar-refractivity contribution is -0.137. The highest BCUT2D eigenvalue weighted by molar-refractivity contribution is 6.28. The Morgan fingerprint density at radius 3 is 2.74 bits per heavy atom. The molecule has 0 saturated carbocycles. The molecule has 0 aliphatic carbocycles. The summed E-state index contributed by atoms with van der Waals surface area (Å²) < 4.78 is 39.5. The Morgan fingerprint density at radius 2 is 1.94 bits per heavy atom. The Balaban J connectivity index is 1.37. The summed E-state index contributed by atoms with van der Waals surface area (Å²) in [7, 11) is 0. The predicted octanol–water partition coefficient (Wildman–Crippen LogP) is 5.69. The minimum atomic E-state index is -4.43. The molecule has 2 aromatic carbocycles. The third-order valence-corrected chi connectivity index (χ3v) is 6.34. The smallest absolute Gasteiger partial charge is 0.382 e. The predicted molar refractivity (Wildman–Crippen MR) is 127 cm³/mol. The lowest BCUT2D eigenvalue weighted by Gasteiger charge is -2.33. The second-order valence-corrected chi connectivity index (χ2v) is 8.83. The van der Waals surface area contributed by atoms with Crippen LogP contribution in [0.2, 0.25) is 5.28 Å². The van der Waals surface area contributed by atoms with Crippen molar-refractivity contribution < 1.29 is 18.0 Å². The molecule has 0 fully saturated rings. The Labute approximate surface area is 204 Å². The molecule has 0 spiro atoms. The molecule has 11 heteroatoms. The van der Waals surface area contributed by atoms with E-state index < -0.39 is 17.8 Å². The number of aromatic nitrogens is 2. The maximum absolute atomic E-state index is 13.4. The van der Waals surface area contributed by atoms with Gasteiger partial charge in [-0.05, 0) is 48.4 Å². The number of halogens is 4. The number of carbonyl (C=O) groups is 1. The first-order chi connectivity index (χ1) is 16.7. The minimum Gasteiger partial charge on any atom is -0.382 e. The fourth-order valence-electron chi connectivity index (χ4n) is 4.40. The van der Waals surface area contributed by atoms with Gasteiger partial charge in [0.15, 0.2) is 0 Å². The van der Waals surface area contributed by atoms with Crippen molar-refractivity contribution in [1.82, 2.24) is 14.9 Å². The molecule has 2 aliphatic rings. The lowest BCUT2D eigenvalue weighted by atomic mass is 10.0. The Hall–Kier alpha value is -3.53. The molecule has 0 bridgehead atoms. The number of nitrogens with zero attached hydrogens (tertiary/aromatic N) is 4. The molecule has 2 amide bonds. The molecule has 1 aromatic heterocycles. The molecule has 0 saturated heterocycles. The van der Waals surface area contributed by atoms with Crippen LogP contribution in [0.4, 0.5) is 35.2 Å². The Kier molecular flexibility index (Phi) is 5.92. The molecule has 2 N–H and O–H groups in total. The molecule has 3 aromatic rings. The van der Waals surface area contributed by atoms with Gasteiger partial charge in [0.1, 0.15) is 5.82 Å². The zero-order valence-corrected chi connectivity index (χ0v) is 19.5. The first-order valence-electron chi connectivity index (χ1n) is 11.1. The van der Waals surface area contributed by atoms with Crippen LogP contribution in [0.1, 0.15) is 35.3 Å². The van der Waals surface area contributed by atoms with E-state index in [1.54, 1.807) is 22.8 Å². The van der Waals surface area contributed by atoms with Crippen molar-refractivity contribution in [2.24, 2.45) is 0 Å². The number of rotatable bonds is 3. The maximum atomic E-state index is 13.4. The SMILES string of the molecule is C[C@@H](Nc1nc(Cl)nc2c1CN(C(=O)N1CCNc3ccccc31)C2)c1cccc(C(F)(F)F)c1. The quantitative estimate of drug-likeness (QED) is 0.450. The standard InChI is InChI=1S/C24H22ClF3N6O/c1-14(15-5-4-6-16(11-15)24(26,27)28)30-21-17-12-33(13-19(17)31-22(25)32-21)23(35)34-10-9-29-18-7-2-3-8-20(18)34/h2-8,11,14,29H,9-10,12-13H2,1H3,(H,30,31,32)/t14-/m1/s1. The van der Waals surface area contributed by atoms with E-state index in [9.17, 15) is 18.0 Å². The van der Waals surface area contributed by atoms with Crippen LogP contribution >= 0.6 is 11.6 Å².